The molecule has 0 aliphatic heterocycles. The van der Waals surface area contributed by atoms with Crippen LogP contribution in [0.2, 0.25) is 0 Å². The van der Waals surface area contributed by atoms with E-state index in [4.69, 9.17) is 15.2 Å². The number of methoxy groups -OCH3 is 2. The summed E-state index contributed by atoms with van der Waals surface area (Å²) in [6.45, 7) is 1.12. The van der Waals surface area contributed by atoms with Crippen LogP contribution in [0.1, 0.15) is 16.8 Å². The molecule has 0 atom stereocenters. The van der Waals surface area contributed by atoms with Crippen LogP contribution in [-0.4, -0.2) is 33.2 Å². The van der Waals surface area contributed by atoms with Gasteiger partial charge in [-0.2, -0.15) is 0 Å². The Morgan fingerprint density at radius 2 is 2.12 bits per heavy atom. The van der Waals surface area contributed by atoms with Crippen molar-refractivity contribution in [3.8, 4) is 11.5 Å². The number of ether oxygens (including phenoxy) is 2. The standard InChI is InChI=1S/C12H18N2O3/c1-16-9-4-5-10(11(8-9)17-2)12(15)14-7-3-6-13/h4-5,8H,3,6-7,13H2,1-2H3,(H,14,15). The van der Waals surface area contributed by atoms with E-state index in [2.05, 4.69) is 5.32 Å². The van der Waals surface area contributed by atoms with Crippen molar-refractivity contribution < 1.29 is 14.3 Å². The second kappa shape index (κ2) is 6.75. The van der Waals surface area contributed by atoms with Gasteiger partial charge in [0.25, 0.3) is 5.91 Å². The van der Waals surface area contributed by atoms with Crippen LogP contribution in [0.25, 0.3) is 0 Å². The van der Waals surface area contributed by atoms with Gasteiger partial charge in [-0.1, -0.05) is 0 Å². The SMILES string of the molecule is COc1ccc(C(=O)NCCCN)c(OC)c1. The molecule has 3 N–H and O–H groups in total. The molecule has 1 amide bonds. The molecule has 0 aliphatic carbocycles. The van der Waals surface area contributed by atoms with Crippen LogP contribution in [0.4, 0.5) is 0 Å². The number of amides is 1. The first-order valence-electron chi connectivity index (χ1n) is 5.43. The Morgan fingerprint density at radius 3 is 2.71 bits per heavy atom. The fourth-order valence-corrected chi connectivity index (χ4v) is 1.39. The average Bonchev–Trinajstić information content (AvgIpc) is 2.38. The molecule has 0 unspecified atom stereocenters. The fraction of sp³-hybridized carbons (Fsp3) is 0.417. The van der Waals surface area contributed by atoms with E-state index in [1.54, 1.807) is 25.3 Å². The quantitative estimate of drug-likeness (QED) is 0.718. The second-order valence-electron chi connectivity index (χ2n) is 3.46. The lowest BCUT2D eigenvalue weighted by Crippen LogP contribution is -2.26. The molecule has 17 heavy (non-hydrogen) atoms. The predicted octanol–water partition coefficient (Wildman–Crippen LogP) is 0.782. The lowest BCUT2D eigenvalue weighted by Gasteiger charge is -2.10. The van der Waals surface area contributed by atoms with Crippen LogP contribution >= 0.6 is 0 Å². The Hall–Kier alpha value is -1.75. The molecule has 5 heteroatoms. The Balaban J connectivity index is 2.78. The first-order chi connectivity index (χ1) is 8.22. The van der Waals surface area contributed by atoms with E-state index in [1.165, 1.54) is 7.11 Å². The summed E-state index contributed by atoms with van der Waals surface area (Å²) in [5.41, 5.74) is 5.85. The molecule has 0 saturated heterocycles. The lowest BCUT2D eigenvalue weighted by molar-refractivity contribution is 0.0950. The van der Waals surface area contributed by atoms with Crippen LogP contribution in [0.5, 0.6) is 11.5 Å². The Labute approximate surface area is 101 Å². The van der Waals surface area contributed by atoms with E-state index < -0.39 is 0 Å². The number of benzene rings is 1. The van der Waals surface area contributed by atoms with Crippen molar-refractivity contribution in [1.29, 1.82) is 0 Å². The molecule has 0 aliphatic rings. The number of hydrogen-bond donors (Lipinski definition) is 2. The summed E-state index contributed by atoms with van der Waals surface area (Å²) >= 11 is 0. The predicted molar refractivity (Wildman–Crippen MR) is 65.6 cm³/mol. The highest BCUT2D eigenvalue weighted by atomic mass is 16.5. The normalized spacial score (nSPS) is 9.82. The number of hydrogen-bond acceptors (Lipinski definition) is 4. The highest BCUT2D eigenvalue weighted by molar-refractivity contribution is 5.97. The molecular formula is C12H18N2O3. The van der Waals surface area contributed by atoms with E-state index in [-0.39, 0.29) is 5.91 Å². The molecule has 0 bridgehead atoms. The van der Waals surface area contributed by atoms with Gasteiger partial charge < -0.3 is 20.5 Å². The van der Waals surface area contributed by atoms with Gasteiger partial charge in [0.1, 0.15) is 11.5 Å². The minimum absolute atomic E-state index is 0.169. The maximum atomic E-state index is 11.8. The first kappa shape index (κ1) is 13.3. The van der Waals surface area contributed by atoms with E-state index in [9.17, 15) is 4.79 Å². The Morgan fingerprint density at radius 1 is 1.35 bits per heavy atom. The first-order valence-corrected chi connectivity index (χ1v) is 5.43. The summed E-state index contributed by atoms with van der Waals surface area (Å²) in [5, 5.41) is 2.77. The third kappa shape index (κ3) is 3.64. The minimum atomic E-state index is -0.169. The van der Waals surface area contributed by atoms with Crippen molar-refractivity contribution >= 4 is 5.91 Å². The Kier molecular flexibility index (Phi) is 5.29. The maximum Gasteiger partial charge on any atom is 0.255 e. The topological polar surface area (TPSA) is 73.6 Å². The third-order valence-electron chi connectivity index (χ3n) is 2.32. The van der Waals surface area contributed by atoms with E-state index in [0.29, 0.717) is 30.2 Å². The smallest absolute Gasteiger partial charge is 0.255 e. The summed E-state index contributed by atoms with van der Waals surface area (Å²) in [5.74, 6) is 0.980. The van der Waals surface area contributed by atoms with Gasteiger partial charge in [-0.05, 0) is 25.1 Å². The van der Waals surface area contributed by atoms with Crippen LogP contribution in [0.15, 0.2) is 18.2 Å². The third-order valence-corrected chi connectivity index (χ3v) is 2.32. The van der Waals surface area contributed by atoms with Crippen molar-refractivity contribution in [2.24, 2.45) is 5.73 Å². The van der Waals surface area contributed by atoms with E-state index in [0.717, 1.165) is 6.42 Å². The van der Waals surface area contributed by atoms with Gasteiger partial charge in [0, 0.05) is 12.6 Å². The lowest BCUT2D eigenvalue weighted by atomic mass is 10.1. The molecule has 0 radical (unpaired) electrons. The fourth-order valence-electron chi connectivity index (χ4n) is 1.39. The molecular weight excluding hydrogens is 220 g/mol. The molecule has 0 spiro atoms. The number of rotatable bonds is 6. The van der Waals surface area contributed by atoms with Crippen molar-refractivity contribution in [1.82, 2.24) is 5.32 Å². The summed E-state index contributed by atoms with van der Waals surface area (Å²) in [4.78, 5) is 11.8. The summed E-state index contributed by atoms with van der Waals surface area (Å²) in [7, 11) is 3.08. The molecule has 0 aromatic heterocycles. The van der Waals surface area contributed by atoms with Crippen LogP contribution < -0.4 is 20.5 Å². The summed E-state index contributed by atoms with van der Waals surface area (Å²) in [6, 6.07) is 5.08. The van der Waals surface area contributed by atoms with Crippen molar-refractivity contribution in [3.05, 3.63) is 23.8 Å². The number of nitrogens with two attached hydrogens (primary N) is 1. The monoisotopic (exact) mass is 238 g/mol. The Bertz CT molecular complexity index is 380. The van der Waals surface area contributed by atoms with Crippen molar-refractivity contribution in [2.45, 2.75) is 6.42 Å². The molecule has 0 fully saturated rings. The summed E-state index contributed by atoms with van der Waals surface area (Å²) < 4.78 is 10.2. The minimum Gasteiger partial charge on any atom is -0.497 e. The van der Waals surface area contributed by atoms with Gasteiger partial charge in [0.05, 0.1) is 19.8 Å². The number of carbonyl (C=O) groups is 1. The van der Waals surface area contributed by atoms with E-state index >= 15 is 0 Å². The van der Waals surface area contributed by atoms with Gasteiger partial charge in [-0.3, -0.25) is 4.79 Å². The molecule has 0 heterocycles. The molecule has 1 aromatic rings. The largest absolute Gasteiger partial charge is 0.497 e. The zero-order valence-electron chi connectivity index (χ0n) is 10.2. The van der Waals surface area contributed by atoms with E-state index in [1.807, 2.05) is 0 Å². The summed E-state index contributed by atoms with van der Waals surface area (Å²) in [6.07, 6.45) is 0.754. The maximum absolute atomic E-state index is 11.8. The average molecular weight is 238 g/mol. The highest BCUT2D eigenvalue weighted by Crippen LogP contribution is 2.24. The molecule has 5 nitrogen and oxygen atoms in total. The zero-order valence-corrected chi connectivity index (χ0v) is 10.2. The van der Waals surface area contributed by atoms with Crippen molar-refractivity contribution in [2.75, 3.05) is 27.3 Å². The number of nitrogens with one attached hydrogen (secondary N) is 1. The van der Waals surface area contributed by atoms with Gasteiger partial charge in [0.2, 0.25) is 0 Å². The van der Waals surface area contributed by atoms with Gasteiger partial charge in [-0.25, -0.2) is 0 Å². The zero-order chi connectivity index (χ0) is 12.7. The van der Waals surface area contributed by atoms with Crippen LogP contribution in [-0.2, 0) is 0 Å². The molecule has 0 saturated carbocycles. The highest BCUT2D eigenvalue weighted by Gasteiger charge is 2.12. The van der Waals surface area contributed by atoms with Gasteiger partial charge in [-0.15, -0.1) is 0 Å². The van der Waals surface area contributed by atoms with Crippen molar-refractivity contribution in [3.63, 3.8) is 0 Å². The van der Waals surface area contributed by atoms with Crippen LogP contribution in [0.3, 0.4) is 0 Å². The molecule has 1 aromatic carbocycles. The van der Waals surface area contributed by atoms with Crippen LogP contribution in [0, 0.1) is 0 Å². The van der Waals surface area contributed by atoms with Gasteiger partial charge in [0.15, 0.2) is 0 Å². The molecule has 1 rings (SSSR count). The number of carbonyl (C=O) groups excluding carboxylic acids is 1. The second-order valence-corrected chi connectivity index (χ2v) is 3.46. The van der Waals surface area contributed by atoms with Gasteiger partial charge >= 0.3 is 0 Å². The molecule has 94 valence electrons.